The average molecular weight is 280 g/mol. The van der Waals surface area contributed by atoms with E-state index in [-0.39, 0.29) is 17.6 Å². The molecule has 2 atom stereocenters. The molecule has 0 bridgehead atoms. The molecule has 1 fully saturated rings. The first-order valence-corrected chi connectivity index (χ1v) is 6.99. The Kier molecular flexibility index (Phi) is 5.09. The molecule has 0 saturated carbocycles. The summed E-state index contributed by atoms with van der Waals surface area (Å²) in [6.07, 6.45) is 1.78. The highest BCUT2D eigenvalue weighted by atomic mass is 19.1. The molecule has 5 heteroatoms. The number of rotatable bonds is 5. The maximum absolute atomic E-state index is 12.8. The minimum absolute atomic E-state index is 0.268. The van der Waals surface area contributed by atoms with Crippen LogP contribution in [0.25, 0.3) is 0 Å². The molecule has 1 aromatic rings. The van der Waals surface area contributed by atoms with E-state index in [0.717, 1.165) is 25.9 Å². The minimum atomic E-state index is -0.636. The first kappa shape index (κ1) is 14.9. The lowest BCUT2D eigenvalue weighted by Gasteiger charge is -2.33. The van der Waals surface area contributed by atoms with Gasteiger partial charge in [-0.25, -0.2) is 4.39 Å². The molecule has 1 aliphatic heterocycles. The molecule has 2 rings (SSSR count). The van der Waals surface area contributed by atoms with Gasteiger partial charge in [0.05, 0.1) is 6.10 Å². The predicted molar refractivity (Wildman–Crippen MR) is 74.3 cm³/mol. The second-order valence-electron chi connectivity index (χ2n) is 5.51. The normalized spacial score (nSPS) is 21.6. The van der Waals surface area contributed by atoms with E-state index in [9.17, 15) is 14.3 Å². The Bertz CT molecular complexity index is 450. The molecule has 0 spiro atoms. The van der Waals surface area contributed by atoms with E-state index in [0.29, 0.717) is 18.5 Å². The Morgan fingerprint density at radius 2 is 2.15 bits per heavy atom. The SMILES string of the molecule is NC(=O)CC1CCCN(CC(O)c2ccc(F)cc2)C1. The number of piperidine rings is 1. The number of nitrogens with two attached hydrogens (primary N) is 1. The quantitative estimate of drug-likeness (QED) is 0.858. The number of carbonyl (C=O) groups excluding carboxylic acids is 1. The van der Waals surface area contributed by atoms with Gasteiger partial charge in [-0.05, 0) is 43.0 Å². The number of halogens is 1. The number of hydrogen-bond acceptors (Lipinski definition) is 3. The highest BCUT2D eigenvalue weighted by Gasteiger charge is 2.23. The number of hydrogen-bond donors (Lipinski definition) is 2. The van der Waals surface area contributed by atoms with Crippen LogP contribution in [-0.4, -0.2) is 35.5 Å². The maximum atomic E-state index is 12.8. The third kappa shape index (κ3) is 4.28. The summed E-state index contributed by atoms with van der Waals surface area (Å²) in [7, 11) is 0. The van der Waals surface area contributed by atoms with Gasteiger partial charge in [0.15, 0.2) is 0 Å². The van der Waals surface area contributed by atoms with Gasteiger partial charge in [0.2, 0.25) is 5.91 Å². The second-order valence-corrected chi connectivity index (χ2v) is 5.51. The largest absolute Gasteiger partial charge is 0.387 e. The zero-order valence-corrected chi connectivity index (χ0v) is 11.5. The van der Waals surface area contributed by atoms with E-state index in [1.54, 1.807) is 12.1 Å². The number of β-amino-alcohol motifs (C(OH)–C–C–N with tert-alkyl or cyclic N) is 1. The maximum Gasteiger partial charge on any atom is 0.217 e. The minimum Gasteiger partial charge on any atom is -0.387 e. The van der Waals surface area contributed by atoms with E-state index in [1.165, 1.54) is 12.1 Å². The zero-order chi connectivity index (χ0) is 14.5. The van der Waals surface area contributed by atoms with Crippen LogP contribution < -0.4 is 5.73 Å². The van der Waals surface area contributed by atoms with Gasteiger partial charge in [-0.15, -0.1) is 0 Å². The number of nitrogens with zero attached hydrogens (tertiary/aromatic N) is 1. The fourth-order valence-corrected chi connectivity index (χ4v) is 2.80. The smallest absolute Gasteiger partial charge is 0.217 e. The Labute approximate surface area is 118 Å². The number of aliphatic hydroxyl groups excluding tert-OH is 1. The molecule has 110 valence electrons. The van der Waals surface area contributed by atoms with Crippen LogP contribution in [0, 0.1) is 11.7 Å². The van der Waals surface area contributed by atoms with Crippen LogP contribution >= 0.6 is 0 Å². The summed E-state index contributed by atoms with van der Waals surface area (Å²) >= 11 is 0. The van der Waals surface area contributed by atoms with Crippen molar-refractivity contribution in [2.45, 2.75) is 25.4 Å². The number of likely N-dealkylation sites (tertiary alicyclic amines) is 1. The van der Waals surface area contributed by atoms with Crippen LogP contribution in [0.15, 0.2) is 24.3 Å². The van der Waals surface area contributed by atoms with Crippen LogP contribution in [-0.2, 0) is 4.79 Å². The van der Waals surface area contributed by atoms with Crippen LogP contribution in [0.3, 0.4) is 0 Å². The second kappa shape index (κ2) is 6.81. The summed E-state index contributed by atoms with van der Waals surface area (Å²) in [4.78, 5) is 13.1. The molecular formula is C15H21FN2O2. The molecule has 4 nitrogen and oxygen atoms in total. The summed E-state index contributed by atoms with van der Waals surface area (Å²) in [6.45, 7) is 2.19. The van der Waals surface area contributed by atoms with Crippen molar-refractivity contribution in [1.29, 1.82) is 0 Å². The van der Waals surface area contributed by atoms with Crippen LogP contribution in [0.2, 0.25) is 0 Å². The monoisotopic (exact) mass is 280 g/mol. The predicted octanol–water partition coefficient (Wildman–Crippen LogP) is 1.45. The van der Waals surface area contributed by atoms with Crippen LogP contribution in [0.5, 0.6) is 0 Å². The number of carbonyl (C=O) groups is 1. The van der Waals surface area contributed by atoms with Gasteiger partial charge < -0.3 is 15.7 Å². The summed E-state index contributed by atoms with van der Waals surface area (Å²) in [5, 5.41) is 10.2. The van der Waals surface area contributed by atoms with Gasteiger partial charge in [0, 0.05) is 19.5 Å². The molecule has 0 aliphatic carbocycles. The van der Waals surface area contributed by atoms with Gasteiger partial charge in [-0.3, -0.25) is 4.79 Å². The first-order valence-electron chi connectivity index (χ1n) is 6.99. The lowest BCUT2D eigenvalue weighted by Crippen LogP contribution is -2.39. The van der Waals surface area contributed by atoms with Crippen molar-refractivity contribution in [1.82, 2.24) is 4.90 Å². The molecule has 1 heterocycles. The highest BCUT2D eigenvalue weighted by Crippen LogP contribution is 2.22. The lowest BCUT2D eigenvalue weighted by molar-refractivity contribution is -0.119. The van der Waals surface area contributed by atoms with Crippen molar-refractivity contribution in [3.8, 4) is 0 Å². The van der Waals surface area contributed by atoms with Crippen LogP contribution in [0.1, 0.15) is 30.9 Å². The Morgan fingerprint density at radius 3 is 2.80 bits per heavy atom. The van der Waals surface area contributed by atoms with E-state index >= 15 is 0 Å². The summed E-state index contributed by atoms with van der Waals surface area (Å²) < 4.78 is 12.8. The topological polar surface area (TPSA) is 66.6 Å². The van der Waals surface area contributed by atoms with Crippen molar-refractivity contribution in [3.63, 3.8) is 0 Å². The molecule has 3 N–H and O–H groups in total. The Hall–Kier alpha value is -1.46. The summed E-state index contributed by atoms with van der Waals surface area (Å²) in [6, 6.07) is 5.91. The van der Waals surface area contributed by atoms with Gasteiger partial charge in [0.1, 0.15) is 5.82 Å². The van der Waals surface area contributed by atoms with Crippen molar-refractivity contribution in [2.24, 2.45) is 11.7 Å². The van der Waals surface area contributed by atoms with Gasteiger partial charge >= 0.3 is 0 Å². The first-order chi connectivity index (χ1) is 9.54. The number of primary amides is 1. The van der Waals surface area contributed by atoms with E-state index in [2.05, 4.69) is 4.90 Å². The molecule has 1 aromatic carbocycles. The van der Waals surface area contributed by atoms with Gasteiger partial charge in [-0.2, -0.15) is 0 Å². The molecule has 1 amide bonds. The van der Waals surface area contributed by atoms with Crippen molar-refractivity contribution in [3.05, 3.63) is 35.6 Å². The lowest BCUT2D eigenvalue weighted by atomic mass is 9.94. The molecular weight excluding hydrogens is 259 g/mol. The summed E-state index contributed by atoms with van der Waals surface area (Å²) in [5.74, 6) is -0.293. The van der Waals surface area contributed by atoms with E-state index in [1.807, 2.05) is 0 Å². The fraction of sp³-hybridized carbons (Fsp3) is 0.533. The highest BCUT2D eigenvalue weighted by molar-refractivity contribution is 5.74. The molecule has 2 unspecified atom stereocenters. The number of amides is 1. The van der Waals surface area contributed by atoms with Gasteiger partial charge in [-0.1, -0.05) is 12.1 Å². The number of benzene rings is 1. The van der Waals surface area contributed by atoms with Crippen LogP contribution in [0.4, 0.5) is 4.39 Å². The fourth-order valence-electron chi connectivity index (χ4n) is 2.80. The number of aliphatic hydroxyl groups is 1. The molecule has 1 saturated heterocycles. The van der Waals surface area contributed by atoms with Crippen molar-refractivity contribution >= 4 is 5.91 Å². The molecule has 20 heavy (non-hydrogen) atoms. The van der Waals surface area contributed by atoms with Crippen molar-refractivity contribution in [2.75, 3.05) is 19.6 Å². The Balaban J connectivity index is 1.88. The molecule has 0 radical (unpaired) electrons. The molecule has 0 aromatic heterocycles. The zero-order valence-electron chi connectivity index (χ0n) is 11.5. The third-order valence-corrected chi connectivity index (χ3v) is 3.78. The molecule has 1 aliphatic rings. The standard InChI is InChI=1S/C15H21FN2O2/c16-13-5-3-12(4-6-13)14(19)10-18-7-1-2-11(9-18)8-15(17)20/h3-6,11,14,19H,1-2,7-10H2,(H2,17,20). The average Bonchev–Trinajstić information content (AvgIpc) is 2.39. The van der Waals surface area contributed by atoms with Gasteiger partial charge in [0.25, 0.3) is 0 Å². The van der Waals surface area contributed by atoms with E-state index in [4.69, 9.17) is 5.73 Å². The third-order valence-electron chi connectivity index (χ3n) is 3.78. The van der Waals surface area contributed by atoms with Crippen molar-refractivity contribution < 1.29 is 14.3 Å². The van der Waals surface area contributed by atoms with E-state index < -0.39 is 6.10 Å². The Morgan fingerprint density at radius 1 is 1.45 bits per heavy atom. The summed E-state index contributed by atoms with van der Waals surface area (Å²) in [5.41, 5.74) is 5.94.